The van der Waals surface area contributed by atoms with E-state index in [1.54, 1.807) is 0 Å². The van der Waals surface area contributed by atoms with E-state index in [1.807, 2.05) is 56.3 Å². The zero-order chi connectivity index (χ0) is 13.4. The molecule has 2 aromatic carbocycles. The van der Waals surface area contributed by atoms with E-state index in [1.165, 1.54) is 5.56 Å². The Morgan fingerprint density at radius 2 is 1.89 bits per heavy atom. The number of nitrogens with one attached hydrogen (secondary N) is 1. The molecule has 19 heavy (non-hydrogen) atoms. The van der Waals surface area contributed by atoms with Crippen molar-refractivity contribution >= 4 is 11.5 Å². The summed E-state index contributed by atoms with van der Waals surface area (Å²) in [7, 11) is 0. The number of para-hydroxylation sites is 1. The highest BCUT2D eigenvalue weighted by Crippen LogP contribution is 2.34. The van der Waals surface area contributed by atoms with Crippen LogP contribution >= 0.6 is 0 Å². The van der Waals surface area contributed by atoms with Crippen LogP contribution in [-0.2, 0) is 0 Å². The Hall–Kier alpha value is -2.09. The van der Waals surface area contributed by atoms with Crippen molar-refractivity contribution in [1.29, 1.82) is 0 Å². The molecule has 1 unspecified atom stereocenters. The Labute approximate surface area is 113 Å². The van der Waals surface area contributed by atoms with Crippen LogP contribution < -0.4 is 5.32 Å². The van der Waals surface area contributed by atoms with Gasteiger partial charge in [0.15, 0.2) is 5.78 Å². The summed E-state index contributed by atoms with van der Waals surface area (Å²) in [5.74, 6) is 0.162. The van der Waals surface area contributed by atoms with E-state index in [4.69, 9.17) is 0 Å². The van der Waals surface area contributed by atoms with Crippen LogP contribution in [-0.4, -0.2) is 12.3 Å². The predicted octanol–water partition coefficient (Wildman–Crippen LogP) is 3.70. The molecule has 1 N–H and O–H groups in total. The molecule has 0 bridgehead atoms. The number of anilines is 1. The Kier molecular flexibility index (Phi) is 2.86. The Bertz CT molecular complexity index is 645. The van der Waals surface area contributed by atoms with Gasteiger partial charge in [0.25, 0.3) is 0 Å². The second-order valence-corrected chi connectivity index (χ2v) is 5.13. The Morgan fingerprint density at radius 1 is 1.11 bits per heavy atom. The number of Topliss-reactive ketones (excluding diaryl/α,β-unsaturated/α-hetero) is 1. The zero-order valence-corrected chi connectivity index (χ0v) is 11.2. The molecule has 1 aliphatic rings. The molecule has 2 aromatic rings. The lowest BCUT2D eigenvalue weighted by Crippen LogP contribution is -2.16. The molecule has 0 radical (unpaired) electrons. The van der Waals surface area contributed by atoms with Crippen LogP contribution in [0.25, 0.3) is 0 Å². The minimum Gasteiger partial charge on any atom is -0.384 e. The van der Waals surface area contributed by atoms with Gasteiger partial charge in [-0.25, -0.2) is 0 Å². The number of aryl methyl sites for hydroxylation is 1. The lowest BCUT2D eigenvalue weighted by Gasteiger charge is -2.12. The highest BCUT2D eigenvalue weighted by atomic mass is 16.1. The zero-order valence-electron chi connectivity index (χ0n) is 11.2. The molecular formula is C17H17NO. The SMILES string of the molecule is Cc1cccc(C(=O)C2CNc3ccccc32)c1C. The van der Waals surface area contributed by atoms with Gasteiger partial charge in [-0.2, -0.15) is 0 Å². The first-order valence-electron chi connectivity index (χ1n) is 6.61. The highest BCUT2D eigenvalue weighted by molar-refractivity contribution is 6.04. The second-order valence-electron chi connectivity index (χ2n) is 5.13. The minimum absolute atomic E-state index is 0.0586. The quantitative estimate of drug-likeness (QED) is 0.825. The average Bonchev–Trinajstić information content (AvgIpc) is 2.85. The van der Waals surface area contributed by atoms with Crippen LogP contribution in [0.2, 0.25) is 0 Å². The van der Waals surface area contributed by atoms with E-state index in [0.29, 0.717) is 6.54 Å². The topological polar surface area (TPSA) is 29.1 Å². The molecule has 1 aliphatic heterocycles. The molecular weight excluding hydrogens is 234 g/mol. The monoisotopic (exact) mass is 251 g/mol. The maximum Gasteiger partial charge on any atom is 0.172 e. The van der Waals surface area contributed by atoms with Crippen LogP contribution in [0.4, 0.5) is 5.69 Å². The Morgan fingerprint density at radius 3 is 2.74 bits per heavy atom. The summed E-state index contributed by atoms with van der Waals surface area (Å²) in [6.45, 7) is 4.77. The molecule has 3 rings (SSSR count). The third-order valence-electron chi connectivity index (χ3n) is 4.02. The normalized spacial score (nSPS) is 16.8. The van der Waals surface area contributed by atoms with E-state index in [9.17, 15) is 4.79 Å². The van der Waals surface area contributed by atoms with Crippen LogP contribution in [0.3, 0.4) is 0 Å². The van der Waals surface area contributed by atoms with E-state index in [0.717, 1.165) is 22.4 Å². The lowest BCUT2D eigenvalue weighted by molar-refractivity contribution is 0.0966. The van der Waals surface area contributed by atoms with Gasteiger partial charge in [-0.15, -0.1) is 0 Å². The number of carbonyl (C=O) groups excluding carboxylic acids is 1. The van der Waals surface area contributed by atoms with Crippen LogP contribution in [0.5, 0.6) is 0 Å². The lowest BCUT2D eigenvalue weighted by atomic mass is 9.89. The van der Waals surface area contributed by atoms with Gasteiger partial charge >= 0.3 is 0 Å². The molecule has 2 nitrogen and oxygen atoms in total. The summed E-state index contributed by atoms with van der Waals surface area (Å²) in [5, 5.41) is 3.31. The summed E-state index contributed by atoms with van der Waals surface area (Å²) >= 11 is 0. The number of fused-ring (bicyclic) bond motifs is 1. The van der Waals surface area contributed by atoms with Gasteiger partial charge in [0, 0.05) is 17.8 Å². The molecule has 0 saturated heterocycles. The fraction of sp³-hybridized carbons (Fsp3) is 0.235. The van der Waals surface area contributed by atoms with Gasteiger partial charge in [0.05, 0.1) is 5.92 Å². The molecule has 1 atom stereocenters. The van der Waals surface area contributed by atoms with Gasteiger partial charge in [-0.3, -0.25) is 4.79 Å². The molecule has 0 saturated carbocycles. The predicted molar refractivity (Wildman–Crippen MR) is 77.9 cm³/mol. The molecule has 2 heteroatoms. The fourth-order valence-electron chi connectivity index (χ4n) is 2.72. The van der Waals surface area contributed by atoms with E-state index in [-0.39, 0.29) is 11.7 Å². The maximum absolute atomic E-state index is 12.7. The molecule has 0 amide bonds. The van der Waals surface area contributed by atoms with Gasteiger partial charge in [-0.05, 0) is 36.6 Å². The van der Waals surface area contributed by atoms with Crippen molar-refractivity contribution in [1.82, 2.24) is 0 Å². The largest absolute Gasteiger partial charge is 0.384 e. The molecule has 96 valence electrons. The van der Waals surface area contributed by atoms with Gasteiger partial charge in [0.2, 0.25) is 0 Å². The molecule has 1 heterocycles. The third kappa shape index (κ3) is 1.93. The Balaban J connectivity index is 2.00. The van der Waals surface area contributed by atoms with Crippen molar-refractivity contribution in [2.45, 2.75) is 19.8 Å². The number of benzene rings is 2. The van der Waals surface area contributed by atoms with Crippen molar-refractivity contribution in [3.05, 3.63) is 64.7 Å². The van der Waals surface area contributed by atoms with Crippen LogP contribution in [0.1, 0.15) is 33.0 Å². The fourth-order valence-corrected chi connectivity index (χ4v) is 2.72. The first-order chi connectivity index (χ1) is 9.18. The van der Waals surface area contributed by atoms with Gasteiger partial charge in [-0.1, -0.05) is 36.4 Å². The van der Waals surface area contributed by atoms with E-state index in [2.05, 4.69) is 5.32 Å². The number of rotatable bonds is 2. The van der Waals surface area contributed by atoms with Gasteiger partial charge in [0.1, 0.15) is 0 Å². The first-order valence-corrected chi connectivity index (χ1v) is 6.61. The average molecular weight is 251 g/mol. The summed E-state index contributed by atoms with van der Waals surface area (Å²) in [5.41, 5.74) is 5.32. The molecule has 0 aliphatic carbocycles. The highest BCUT2D eigenvalue weighted by Gasteiger charge is 2.29. The third-order valence-corrected chi connectivity index (χ3v) is 4.02. The molecule has 0 aromatic heterocycles. The van der Waals surface area contributed by atoms with Crippen molar-refractivity contribution < 1.29 is 4.79 Å². The summed E-state index contributed by atoms with van der Waals surface area (Å²) in [6, 6.07) is 14.0. The number of hydrogen-bond acceptors (Lipinski definition) is 2. The number of ketones is 1. The standard InChI is InChI=1S/C17H17NO/c1-11-6-5-8-13(12(11)2)17(19)15-10-18-16-9-4-3-7-14(15)16/h3-9,15,18H,10H2,1-2H3. The van der Waals surface area contributed by atoms with Crippen molar-refractivity contribution in [2.24, 2.45) is 0 Å². The van der Waals surface area contributed by atoms with Crippen molar-refractivity contribution in [3.63, 3.8) is 0 Å². The number of carbonyl (C=O) groups is 1. The maximum atomic E-state index is 12.7. The smallest absolute Gasteiger partial charge is 0.172 e. The molecule has 0 fully saturated rings. The minimum atomic E-state index is -0.0586. The van der Waals surface area contributed by atoms with E-state index >= 15 is 0 Å². The van der Waals surface area contributed by atoms with Crippen LogP contribution in [0, 0.1) is 13.8 Å². The summed E-state index contributed by atoms with van der Waals surface area (Å²) in [6.07, 6.45) is 0. The van der Waals surface area contributed by atoms with Crippen LogP contribution in [0.15, 0.2) is 42.5 Å². The molecule has 0 spiro atoms. The summed E-state index contributed by atoms with van der Waals surface area (Å²) in [4.78, 5) is 12.7. The van der Waals surface area contributed by atoms with Crippen molar-refractivity contribution in [2.75, 3.05) is 11.9 Å². The number of hydrogen-bond donors (Lipinski definition) is 1. The van der Waals surface area contributed by atoms with Crippen molar-refractivity contribution in [3.8, 4) is 0 Å². The van der Waals surface area contributed by atoms with E-state index < -0.39 is 0 Å². The first kappa shape index (κ1) is 12.0. The summed E-state index contributed by atoms with van der Waals surface area (Å²) < 4.78 is 0. The van der Waals surface area contributed by atoms with Gasteiger partial charge < -0.3 is 5.32 Å². The second kappa shape index (κ2) is 4.54.